The van der Waals surface area contributed by atoms with E-state index in [4.69, 9.17) is 4.74 Å². The molecule has 3 aromatic rings. The third kappa shape index (κ3) is 2.73. The first-order chi connectivity index (χ1) is 11.7. The second-order valence-corrected chi connectivity index (χ2v) is 5.73. The Kier molecular flexibility index (Phi) is 4.52. The quantitative estimate of drug-likeness (QED) is 0.652. The molecule has 0 aliphatic rings. The molecular formula is C21H21NO2. The standard InChI is InChI=1S/C21H21NO2/c1-4-18(23)21-20(15-9-6-5-7-10-15)17(13-22-21)16-11-8-12-19(24-3)14(16)2/h5-13,22H,4H2,1-3H3. The van der Waals surface area contributed by atoms with Crippen LogP contribution in [0.15, 0.2) is 54.7 Å². The van der Waals surface area contributed by atoms with Crippen LogP contribution in [0.4, 0.5) is 0 Å². The van der Waals surface area contributed by atoms with Gasteiger partial charge < -0.3 is 9.72 Å². The fourth-order valence-corrected chi connectivity index (χ4v) is 3.06. The van der Waals surface area contributed by atoms with Crippen molar-refractivity contribution in [2.24, 2.45) is 0 Å². The Hall–Kier alpha value is -2.81. The highest BCUT2D eigenvalue weighted by Crippen LogP contribution is 2.39. The number of H-pyrrole nitrogens is 1. The summed E-state index contributed by atoms with van der Waals surface area (Å²) in [6.45, 7) is 3.92. The van der Waals surface area contributed by atoms with Gasteiger partial charge in [-0.25, -0.2) is 0 Å². The zero-order valence-corrected chi connectivity index (χ0v) is 14.2. The Balaban J connectivity index is 2.27. The van der Waals surface area contributed by atoms with Gasteiger partial charge in [0.05, 0.1) is 12.8 Å². The SMILES string of the molecule is CCC(=O)c1[nH]cc(-c2cccc(OC)c2C)c1-c1ccccc1. The molecule has 0 aliphatic heterocycles. The van der Waals surface area contributed by atoms with Crippen LogP contribution in [0, 0.1) is 6.92 Å². The first-order valence-corrected chi connectivity index (χ1v) is 8.11. The van der Waals surface area contributed by atoms with Gasteiger partial charge in [0.25, 0.3) is 0 Å². The lowest BCUT2D eigenvalue weighted by Gasteiger charge is -2.12. The monoisotopic (exact) mass is 319 g/mol. The molecule has 3 heteroatoms. The van der Waals surface area contributed by atoms with E-state index >= 15 is 0 Å². The normalized spacial score (nSPS) is 10.6. The predicted molar refractivity (Wildman–Crippen MR) is 97.6 cm³/mol. The van der Waals surface area contributed by atoms with Crippen LogP contribution in [-0.4, -0.2) is 17.9 Å². The van der Waals surface area contributed by atoms with Crippen molar-refractivity contribution in [2.75, 3.05) is 7.11 Å². The minimum atomic E-state index is 0.112. The van der Waals surface area contributed by atoms with Gasteiger partial charge in [-0.05, 0) is 29.7 Å². The van der Waals surface area contributed by atoms with Crippen molar-refractivity contribution in [1.82, 2.24) is 4.98 Å². The first-order valence-electron chi connectivity index (χ1n) is 8.11. The first kappa shape index (κ1) is 16.1. The average Bonchev–Trinajstić information content (AvgIpc) is 3.06. The molecular weight excluding hydrogens is 298 g/mol. The second-order valence-electron chi connectivity index (χ2n) is 5.73. The van der Waals surface area contributed by atoms with Gasteiger partial charge >= 0.3 is 0 Å². The Morgan fingerprint density at radius 3 is 2.46 bits per heavy atom. The molecule has 1 N–H and O–H groups in total. The number of ether oxygens (including phenoxy) is 1. The van der Waals surface area contributed by atoms with Gasteiger partial charge in [0.1, 0.15) is 5.75 Å². The number of carbonyl (C=O) groups excluding carboxylic acids is 1. The molecule has 0 aliphatic carbocycles. The van der Waals surface area contributed by atoms with Gasteiger partial charge in [-0.2, -0.15) is 0 Å². The molecule has 0 saturated heterocycles. The van der Waals surface area contributed by atoms with Crippen LogP contribution in [-0.2, 0) is 0 Å². The lowest BCUT2D eigenvalue weighted by molar-refractivity contribution is 0.0984. The molecule has 0 fully saturated rings. The van der Waals surface area contributed by atoms with E-state index in [2.05, 4.69) is 11.1 Å². The molecule has 1 aromatic heterocycles. The fourth-order valence-electron chi connectivity index (χ4n) is 3.06. The Morgan fingerprint density at radius 2 is 1.79 bits per heavy atom. The van der Waals surface area contributed by atoms with Gasteiger partial charge in [0, 0.05) is 23.7 Å². The molecule has 2 aromatic carbocycles. The number of hydrogen-bond donors (Lipinski definition) is 1. The smallest absolute Gasteiger partial charge is 0.179 e. The highest BCUT2D eigenvalue weighted by atomic mass is 16.5. The highest BCUT2D eigenvalue weighted by Gasteiger charge is 2.20. The van der Waals surface area contributed by atoms with Crippen LogP contribution in [0.25, 0.3) is 22.3 Å². The molecule has 0 saturated carbocycles. The number of nitrogens with one attached hydrogen (secondary N) is 1. The maximum atomic E-state index is 12.4. The van der Waals surface area contributed by atoms with Gasteiger partial charge in [0.2, 0.25) is 0 Å². The van der Waals surface area contributed by atoms with Crippen molar-refractivity contribution in [3.8, 4) is 28.0 Å². The Morgan fingerprint density at radius 1 is 1.04 bits per heavy atom. The van der Waals surface area contributed by atoms with E-state index in [0.29, 0.717) is 12.1 Å². The van der Waals surface area contributed by atoms with E-state index in [0.717, 1.165) is 33.6 Å². The Bertz CT molecular complexity index is 863. The highest BCUT2D eigenvalue weighted by molar-refractivity contribution is 6.05. The molecule has 1 heterocycles. The number of benzene rings is 2. The van der Waals surface area contributed by atoms with E-state index in [1.54, 1.807) is 7.11 Å². The number of aromatic nitrogens is 1. The molecule has 0 unspecified atom stereocenters. The van der Waals surface area contributed by atoms with Gasteiger partial charge in [-0.15, -0.1) is 0 Å². The van der Waals surface area contributed by atoms with Crippen LogP contribution in [0.1, 0.15) is 29.4 Å². The number of ketones is 1. The number of Topliss-reactive ketones (excluding diaryl/α,β-unsaturated/α-hetero) is 1. The van der Waals surface area contributed by atoms with E-state index in [1.165, 1.54) is 0 Å². The summed E-state index contributed by atoms with van der Waals surface area (Å²) in [5.74, 6) is 0.955. The summed E-state index contributed by atoms with van der Waals surface area (Å²) in [5, 5.41) is 0. The maximum Gasteiger partial charge on any atom is 0.179 e. The lowest BCUT2D eigenvalue weighted by Crippen LogP contribution is -1.99. The zero-order valence-electron chi connectivity index (χ0n) is 14.2. The third-order valence-corrected chi connectivity index (χ3v) is 4.34. The maximum absolute atomic E-state index is 12.4. The van der Waals surface area contributed by atoms with Crippen LogP contribution in [0.2, 0.25) is 0 Å². The molecule has 0 atom stereocenters. The molecule has 0 radical (unpaired) electrons. The summed E-state index contributed by atoms with van der Waals surface area (Å²) in [4.78, 5) is 15.6. The van der Waals surface area contributed by atoms with E-state index in [-0.39, 0.29) is 5.78 Å². The minimum Gasteiger partial charge on any atom is -0.496 e. The van der Waals surface area contributed by atoms with Crippen molar-refractivity contribution in [2.45, 2.75) is 20.3 Å². The molecule has 122 valence electrons. The summed E-state index contributed by atoms with van der Waals surface area (Å²) in [6, 6.07) is 16.0. The second kappa shape index (κ2) is 6.75. The predicted octanol–water partition coefficient (Wildman–Crippen LogP) is 5.26. The largest absolute Gasteiger partial charge is 0.496 e. The third-order valence-electron chi connectivity index (χ3n) is 4.34. The summed E-state index contributed by atoms with van der Waals surface area (Å²) >= 11 is 0. The molecule has 3 rings (SSSR count). The zero-order chi connectivity index (χ0) is 17.1. The van der Waals surface area contributed by atoms with E-state index < -0.39 is 0 Å². The van der Waals surface area contributed by atoms with Crippen LogP contribution in [0.3, 0.4) is 0 Å². The molecule has 0 spiro atoms. The summed E-state index contributed by atoms with van der Waals surface area (Å²) in [5.41, 5.74) is 5.81. The van der Waals surface area contributed by atoms with Gasteiger partial charge in [-0.1, -0.05) is 49.4 Å². The molecule has 24 heavy (non-hydrogen) atoms. The van der Waals surface area contributed by atoms with Crippen molar-refractivity contribution < 1.29 is 9.53 Å². The van der Waals surface area contributed by atoms with Crippen LogP contribution >= 0.6 is 0 Å². The van der Waals surface area contributed by atoms with E-state index in [1.807, 2.05) is 62.5 Å². The number of carbonyl (C=O) groups is 1. The summed E-state index contributed by atoms with van der Waals surface area (Å²) in [6.07, 6.45) is 2.39. The molecule has 0 amide bonds. The summed E-state index contributed by atoms with van der Waals surface area (Å²) < 4.78 is 5.45. The van der Waals surface area contributed by atoms with Gasteiger partial charge in [-0.3, -0.25) is 4.79 Å². The van der Waals surface area contributed by atoms with Gasteiger partial charge in [0.15, 0.2) is 5.78 Å². The van der Waals surface area contributed by atoms with E-state index in [9.17, 15) is 4.79 Å². The van der Waals surface area contributed by atoms with Crippen molar-refractivity contribution in [3.63, 3.8) is 0 Å². The topological polar surface area (TPSA) is 42.1 Å². The number of aromatic amines is 1. The molecule has 0 bridgehead atoms. The summed E-state index contributed by atoms with van der Waals surface area (Å²) in [7, 11) is 1.67. The van der Waals surface area contributed by atoms with Crippen molar-refractivity contribution >= 4 is 5.78 Å². The molecule has 3 nitrogen and oxygen atoms in total. The van der Waals surface area contributed by atoms with Crippen molar-refractivity contribution in [3.05, 3.63) is 66.0 Å². The number of methoxy groups -OCH3 is 1. The number of hydrogen-bond acceptors (Lipinski definition) is 2. The lowest BCUT2D eigenvalue weighted by atomic mass is 9.93. The van der Waals surface area contributed by atoms with Crippen LogP contribution in [0.5, 0.6) is 5.75 Å². The minimum absolute atomic E-state index is 0.112. The van der Waals surface area contributed by atoms with Crippen molar-refractivity contribution in [1.29, 1.82) is 0 Å². The number of rotatable bonds is 5. The fraction of sp³-hybridized carbons (Fsp3) is 0.190. The average molecular weight is 319 g/mol. The Labute approximate surface area is 142 Å². The van der Waals surface area contributed by atoms with Crippen LogP contribution < -0.4 is 4.74 Å².